The van der Waals surface area contributed by atoms with E-state index in [1.165, 1.54) is 0 Å². The molecule has 282 valence electrons. The molecule has 4 N–H and O–H groups in total. The summed E-state index contributed by atoms with van der Waals surface area (Å²) in [5.41, 5.74) is -3.18. The van der Waals surface area contributed by atoms with Crippen LogP contribution in [-0.4, -0.2) is 89.1 Å². The number of sulfone groups is 1. The number of likely N-dealkylation sites (tertiary alicyclic amines) is 1. The third kappa shape index (κ3) is 7.44. The first-order valence-electron chi connectivity index (χ1n) is 18.8. The zero-order valence-electron chi connectivity index (χ0n) is 31.7. The van der Waals surface area contributed by atoms with E-state index in [1.54, 1.807) is 25.7 Å². The summed E-state index contributed by atoms with van der Waals surface area (Å²) in [7, 11) is -3.56. The minimum Gasteiger partial charge on any atom is -0.347 e. The average molecular weight is 720 g/mol. The largest absolute Gasteiger partial charge is 0.347 e. The number of ketones is 1. The monoisotopic (exact) mass is 719 g/mol. The van der Waals surface area contributed by atoms with Crippen LogP contribution in [0.4, 0.5) is 4.79 Å². The van der Waals surface area contributed by atoms with Crippen molar-refractivity contribution in [2.75, 3.05) is 12.3 Å². The molecule has 5 aliphatic rings. The van der Waals surface area contributed by atoms with Crippen LogP contribution in [0.25, 0.3) is 0 Å². The number of amides is 5. The van der Waals surface area contributed by atoms with Crippen LogP contribution in [0.2, 0.25) is 0 Å². The quantitative estimate of drug-likeness (QED) is 0.223. The number of Topliss-reactive ketones (excluding diaryl/α,β-unsaturated/α-hetero) is 1. The smallest absolute Gasteiger partial charge is 0.315 e. The number of hydrogen-bond acceptors (Lipinski definition) is 7. The Kier molecular flexibility index (Phi) is 10.1. The SMILES string of the molecule is CCC[C@H]1C[C@]1(NC(=O)[C@@H]1[C@@H]2[C@H](CN1C(=O)[C@@H](NC(=O)NC1(CS(=O)(=O)C(C)(C)C)CCCCC1)C(C)(C)C)C2(C)C)C(=O)C(=O)NC1CC1. The van der Waals surface area contributed by atoms with Crippen LogP contribution in [0.1, 0.15) is 127 Å². The maximum absolute atomic E-state index is 14.5. The predicted molar refractivity (Wildman–Crippen MR) is 191 cm³/mol. The molecule has 1 heterocycles. The first-order chi connectivity index (χ1) is 23.0. The molecule has 5 rings (SSSR count). The summed E-state index contributed by atoms with van der Waals surface area (Å²) in [6.07, 6.45) is 7.14. The molecule has 4 aliphatic carbocycles. The third-order valence-corrected chi connectivity index (χ3v) is 15.1. The highest BCUT2D eigenvalue weighted by molar-refractivity contribution is 7.92. The zero-order valence-corrected chi connectivity index (χ0v) is 32.5. The van der Waals surface area contributed by atoms with E-state index in [-0.39, 0.29) is 35.0 Å². The molecule has 0 bridgehead atoms. The summed E-state index contributed by atoms with van der Waals surface area (Å²) >= 11 is 0. The Hall–Kier alpha value is -2.70. The Morgan fingerprint density at radius 3 is 2.08 bits per heavy atom. The lowest BCUT2D eigenvalue weighted by Gasteiger charge is -2.41. The number of carbonyl (C=O) groups is 5. The Balaban J connectivity index is 1.36. The number of nitrogens with zero attached hydrogens (tertiary/aromatic N) is 1. The van der Waals surface area contributed by atoms with Crippen molar-refractivity contribution in [3.63, 3.8) is 0 Å². The Morgan fingerprint density at radius 1 is 0.920 bits per heavy atom. The van der Waals surface area contributed by atoms with Crippen molar-refractivity contribution in [1.29, 1.82) is 0 Å². The summed E-state index contributed by atoms with van der Waals surface area (Å²) in [5.74, 6) is -2.51. The molecule has 13 heteroatoms. The van der Waals surface area contributed by atoms with Gasteiger partial charge in [-0.15, -0.1) is 0 Å². The van der Waals surface area contributed by atoms with Gasteiger partial charge in [0.2, 0.25) is 17.6 Å². The highest BCUT2D eigenvalue weighted by Gasteiger charge is 2.71. The molecule has 0 radical (unpaired) electrons. The molecule has 5 fully saturated rings. The second kappa shape index (κ2) is 13.1. The third-order valence-electron chi connectivity index (χ3n) is 12.3. The van der Waals surface area contributed by atoms with Crippen LogP contribution in [0.15, 0.2) is 0 Å². The fraction of sp³-hybridized carbons (Fsp3) is 0.865. The molecule has 0 spiro atoms. The van der Waals surface area contributed by atoms with Gasteiger partial charge in [-0.05, 0) is 87.9 Å². The molecule has 0 aromatic carbocycles. The van der Waals surface area contributed by atoms with E-state index in [4.69, 9.17) is 0 Å². The number of fused-ring (bicyclic) bond motifs is 1. The number of carbonyl (C=O) groups excluding carboxylic acids is 5. The molecule has 1 aliphatic heterocycles. The van der Waals surface area contributed by atoms with Gasteiger partial charge in [-0.25, -0.2) is 13.2 Å². The first kappa shape index (κ1) is 38.5. The lowest BCUT2D eigenvalue weighted by molar-refractivity contribution is -0.146. The van der Waals surface area contributed by atoms with Crippen LogP contribution in [0.3, 0.4) is 0 Å². The summed E-state index contributed by atoms with van der Waals surface area (Å²) in [6.45, 7) is 17.0. The average Bonchev–Trinajstić information content (AvgIpc) is 3.94. The second-order valence-corrected chi connectivity index (χ2v) is 21.5. The van der Waals surface area contributed by atoms with E-state index in [0.717, 1.165) is 38.5 Å². The molecule has 1 saturated heterocycles. The normalized spacial score (nSPS) is 30.4. The van der Waals surface area contributed by atoms with Gasteiger partial charge in [-0.3, -0.25) is 19.2 Å². The van der Waals surface area contributed by atoms with Gasteiger partial charge in [0.1, 0.15) is 17.6 Å². The summed E-state index contributed by atoms with van der Waals surface area (Å²) < 4.78 is 25.7. The van der Waals surface area contributed by atoms with Crippen molar-refractivity contribution < 1.29 is 32.4 Å². The Bertz CT molecular complexity index is 1500. The fourth-order valence-corrected chi connectivity index (χ4v) is 10.2. The van der Waals surface area contributed by atoms with Crippen molar-refractivity contribution in [1.82, 2.24) is 26.2 Å². The lowest BCUT2D eigenvalue weighted by atomic mass is 9.83. The maximum atomic E-state index is 14.5. The summed E-state index contributed by atoms with van der Waals surface area (Å²) in [4.78, 5) is 70.7. The number of piperidine rings is 1. The van der Waals surface area contributed by atoms with Gasteiger partial charge in [-0.1, -0.05) is 67.2 Å². The molecule has 4 saturated carbocycles. The molecule has 5 amide bonds. The van der Waals surface area contributed by atoms with E-state index in [9.17, 15) is 32.4 Å². The highest BCUT2D eigenvalue weighted by atomic mass is 32.2. The van der Waals surface area contributed by atoms with Crippen LogP contribution in [0.5, 0.6) is 0 Å². The molecule has 12 nitrogen and oxygen atoms in total. The molecule has 6 atom stereocenters. The standard InChI is InChI=1S/C37H61N5O7S/c1-10-14-22-19-37(22,28(43)30(45)38-23-15-16-23)40-29(44)26-25-24(35(25,8)9)20-42(26)31(46)27(33(2,3)4)39-32(47)41-36(17-12-11-13-18-36)21-50(48,49)34(5,6)7/h22-27H,10-21H2,1-9H3,(H,38,45)(H,40,44)(H2,39,41,47)/t22-,24-,25-,26-,27+,37+/m0/s1. The zero-order chi connectivity index (χ0) is 37.2. The van der Waals surface area contributed by atoms with Gasteiger partial charge in [0, 0.05) is 12.6 Å². The van der Waals surface area contributed by atoms with E-state index in [0.29, 0.717) is 32.2 Å². The highest BCUT2D eigenvalue weighted by Crippen LogP contribution is 2.65. The van der Waals surface area contributed by atoms with Crippen LogP contribution in [0, 0.1) is 28.6 Å². The van der Waals surface area contributed by atoms with Gasteiger partial charge in [-0.2, -0.15) is 0 Å². The molecule has 0 aromatic heterocycles. The lowest BCUT2D eigenvalue weighted by Crippen LogP contribution is -2.64. The summed E-state index contributed by atoms with van der Waals surface area (Å²) in [5, 5.41) is 11.7. The van der Waals surface area contributed by atoms with E-state index >= 15 is 0 Å². The minimum atomic E-state index is -3.56. The van der Waals surface area contributed by atoms with E-state index < -0.39 is 72.7 Å². The number of rotatable bonds is 12. The van der Waals surface area contributed by atoms with Crippen molar-refractivity contribution in [2.45, 2.75) is 160 Å². The van der Waals surface area contributed by atoms with Crippen LogP contribution in [-0.2, 0) is 29.0 Å². The van der Waals surface area contributed by atoms with Gasteiger partial charge < -0.3 is 26.2 Å². The van der Waals surface area contributed by atoms with Gasteiger partial charge in [0.05, 0.1) is 16.0 Å². The van der Waals surface area contributed by atoms with Gasteiger partial charge >= 0.3 is 6.03 Å². The van der Waals surface area contributed by atoms with Gasteiger partial charge in [0.15, 0.2) is 9.84 Å². The molecule has 0 unspecified atom stereocenters. The van der Waals surface area contributed by atoms with E-state index in [1.807, 2.05) is 27.7 Å². The number of urea groups is 1. The molecular weight excluding hydrogens is 659 g/mol. The minimum absolute atomic E-state index is 0.00783. The Labute approximate surface area is 298 Å². The van der Waals surface area contributed by atoms with Crippen molar-refractivity contribution in [3.8, 4) is 0 Å². The number of nitrogens with one attached hydrogen (secondary N) is 4. The first-order valence-corrected chi connectivity index (χ1v) is 20.4. The Morgan fingerprint density at radius 2 is 1.54 bits per heavy atom. The van der Waals surface area contributed by atoms with Crippen molar-refractivity contribution >= 4 is 39.4 Å². The molecule has 50 heavy (non-hydrogen) atoms. The molecular formula is C37H61N5O7S. The van der Waals surface area contributed by atoms with Crippen LogP contribution < -0.4 is 21.3 Å². The maximum Gasteiger partial charge on any atom is 0.315 e. The van der Waals surface area contributed by atoms with Crippen LogP contribution >= 0.6 is 0 Å². The predicted octanol–water partition coefficient (Wildman–Crippen LogP) is 3.62. The van der Waals surface area contributed by atoms with Crippen molar-refractivity contribution in [3.05, 3.63) is 0 Å². The summed E-state index contributed by atoms with van der Waals surface area (Å²) in [6, 6.07) is -2.49. The van der Waals surface area contributed by atoms with Gasteiger partial charge in [0.25, 0.3) is 5.91 Å². The number of hydrogen-bond donors (Lipinski definition) is 4. The second-order valence-electron chi connectivity index (χ2n) is 18.7. The van der Waals surface area contributed by atoms with Crippen molar-refractivity contribution in [2.24, 2.45) is 28.6 Å². The van der Waals surface area contributed by atoms with E-state index in [2.05, 4.69) is 35.1 Å². The molecule has 0 aromatic rings. The topological polar surface area (TPSA) is 171 Å². The fourth-order valence-electron chi connectivity index (χ4n) is 8.64.